The summed E-state index contributed by atoms with van der Waals surface area (Å²) >= 11 is 0. The molecule has 3 aromatic rings. The Morgan fingerprint density at radius 1 is 1.21 bits per heavy atom. The van der Waals surface area contributed by atoms with Crippen LogP contribution in [0.15, 0.2) is 51.8 Å². The van der Waals surface area contributed by atoms with Crippen LogP contribution in [0.3, 0.4) is 0 Å². The second kappa shape index (κ2) is 4.24. The van der Waals surface area contributed by atoms with E-state index in [9.17, 15) is 9.59 Å². The SMILES string of the molecule is CC(=O)c1cc(=O)oc2cccc(-c3ccc[nH]3)c12. The quantitative estimate of drug-likeness (QED) is 0.564. The van der Waals surface area contributed by atoms with E-state index in [0.29, 0.717) is 16.5 Å². The molecule has 0 saturated heterocycles. The molecule has 3 rings (SSSR count). The number of rotatable bonds is 2. The van der Waals surface area contributed by atoms with Crippen LogP contribution >= 0.6 is 0 Å². The third kappa shape index (κ3) is 1.87. The van der Waals surface area contributed by atoms with Gasteiger partial charge in [0, 0.05) is 34.5 Å². The molecule has 0 radical (unpaired) electrons. The molecule has 4 nitrogen and oxygen atoms in total. The number of benzene rings is 1. The van der Waals surface area contributed by atoms with E-state index in [1.54, 1.807) is 18.3 Å². The van der Waals surface area contributed by atoms with E-state index in [2.05, 4.69) is 4.98 Å². The second-order valence-corrected chi connectivity index (χ2v) is 4.30. The molecule has 2 heterocycles. The Hall–Kier alpha value is -2.62. The number of hydrogen-bond acceptors (Lipinski definition) is 3. The number of aromatic nitrogens is 1. The molecule has 4 heteroatoms. The first-order valence-electron chi connectivity index (χ1n) is 5.88. The molecule has 94 valence electrons. The average molecular weight is 253 g/mol. The standard InChI is InChI=1S/C15H11NO3/c1-9(17)11-8-14(18)19-13-6-2-4-10(15(11)13)12-5-3-7-16-12/h2-8,16H,1H3. The molecule has 0 unspecified atom stereocenters. The normalized spacial score (nSPS) is 10.8. The molecule has 0 aliphatic rings. The van der Waals surface area contributed by atoms with E-state index in [1.807, 2.05) is 18.2 Å². The lowest BCUT2D eigenvalue weighted by molar-refractivity contribution is 0.101. The second-order valence-electron chi connectivity index (χ2n) is 4.30. The summed E-state index contributed by atoms with van der Waals surface area (Å²) in [7, 11) is 0. The van der Waals surface area contributed by atoms with Crippen molar-refractivity contribution in [3.05, 3.63) is 58.6 Å². The molecule has 0 bridgehead atoms. The highest BCUT2D eigenvalue weighted by Gasteiger charge is 2.14. The van der Waals surface area contributed by atoms with Crippen molar-refractivity contribution >= 4 is 16.8 Å². The van der Waals surface area contributed by atoms with Crippen molar-refractivity contribution in [1.29, 1.82) is 0 Å². The Labute approximate surface area is 108 Å². The molecule has 0 spiro atoms. The number of fused-ring (bicyclic) bond motifs is 1. The molecule has 0 atom stereocenters. The number of hydrogen-bond donors (Lipinski definition) is 1. The van der Waals surface area contributed by atoms with Crippen LogP contribution in [-0.2, 0) is 0 Å². The highest BCUT2D eigenvalue weighted by molar-refractivity contribution is 6.10. The number of ketones is 1. The number of nitrogens with one attached hydrogen (secondary N) is 1. The van der Waals surface area contributed by atoms with Gasteiger partial charge in [-0.1, -0.05) is 12.1 Å². The Morgan fingerprint density at radius 3 is 2.74 bits per heavy atom. The van der Waals surface area contributed by atoms with E-state index in [0.717, 1.165) is 11.3 Å². The van der Waals surface area contributed by atoms with Crippen molar-refractivity contribution in [3.63, 3.8) is 0 Å². The zero-order chi connectivity index (χ0) is 13.4. The maximum atomic E-state index is 11.7. The monoisotopic (exact) mass is 253 g/mol. The lowest BCUT2D eigenvalue weighted by atomic mass is 10.00. The predicted molar refractivity (Wildman–Crippen MR) is 72.3 cm³/mol. The maximum Gasteiger partial charge on any atom is 0.336 e. The zero-order valence-corrected chi connectivity index (χ0v) is 10.3. The van der Waals surface area contributed by atoms with Crippen LogP contribution in [0, 0.1) is 0 Å². The fraction of sp³-hybridized carbons (Fsp3) is 0.0667. The van der Waals surface area contributed by atoms with Gasteiger partial charge in [0.05, 0.1) is 0 Å². The summed E-state index contributed by atoms with van der Waals surface area (Å²) in [4.78, 5) is 26.3. The van der Waals surface area contributed by atoms with Crippen LogP contribution in [0.25, 0.3) is 22.2 Å². The minimum Gasteiger partial charge on any atom is -0.423 e. The third-order valence-corrected chi connectivity index (χ3v) is 3.04. The van der Waals surface area contributed by atoms with Gasteiger partial charge in [0.2, 0.25) is 0 Å². The lowest BCUT2D eigenvalue weighted by Gasteiger charge is -2.07. The largest absolute Gasteiger partial charge is 0.423 e. The van der Waals surface area contributed by atoms with Gasteiger partial charge in [-0.05, 0) is 25.1 Å². The van der Waals surface area contributed by atoms with Crippen LogP contribution in [0.4, 0.5) is 0 Å². The Morgan fingerprint density at radius 2 is 2.05 bits per heavy atom. The van der Waals surface area contributed by atoms with Gasteiger partial charge >= 0.3 is 5.63 Å². The minimum atomic E-state index is -0.513. The summed E-state index contributed by atoms with van der Waals surface area (Å²) in [6, 6.07) is 10.4. The maximum absolute atomic E-state index is 11.7. The van der Waals surface area contributed by atoms with Crippen molar-refractivity contribution in [2.24, 2.45) is 0 Å². The summed E-state index contributed by atoms with van der Waals surface area (Å²) < 4.78 is 5.17. The first kappa shape index (κ1) is 11.5. The average Bonchev–Trinajstić information content (AvgIpc) is 2.90. The summed E-state index contributed by atoms with van der Waals surface area (Å²) in [6.07, 6.45) is 1.81. The molecule has 1 N–H and O–H groups in total. The number of aromatic amines is 1. The van der Waals surface area contributed by atoms with Gasteiger partial charge in [0.25, 0.3) is 0 Å². The highest BCUT2D eigenvalue weighted by atomic mass is 16.4. The summed E-state index contributed by atoms with van der Waals surface area (Å²) in [5.74, 6) is -0.156. The van der Waals surface area contributed by atoms with E-state index in [-0.39, 0.29) is 5.78 Å². The van der Waals surface area contributed by atoms with Crippen molar-refractivity contribution in [2.75, 3.05) is 0 Å². The van der Waals surface area contributed by atoms with Crippen molar-refractivity contribution in [3.8, 4) is 11.3 Å². The molecule has 2 aromatic heterocycles. The van der Waals surface area contributed by atoms with Gasteiger partial charge < -0.3 is 9.40 Å². The fourth-order valence-electron chi connectivity index (χ4n) is 2.22. The molecule has 0 aliphatic carbocycles. The van der Waals surface area contributed by atoms with E-state index in [4.69, 9.17) is 4.42 Å². The predicted octanol–water partition coefficient (Wildman–Crippen LogP) is 2.99. The van der Waals surface area contributed by atoms with Crippen LogP contribution < -0.4 is 5.63 Å². The molecular formula is C15H11NO3. The number of carbonyl (C=O) groups excluding carboxylic acids is 1. The fourth-order valence-corrected chi connectivity index (χ4v) is 2.22. The molecule has 19 heavy (non-hydrogen) atoms. The smallest absolute Gasteiger partial charge is 0.336 e. The van der Waals surface area contributed by atoms with Crippen LogP contribution in [0.5, 0.6) is 0 Å². The molecule has 0 amide bonds. The first-order chi connectivity index (χ1) is 9.16. The Bertz CT molecular complexity index is 813. The highest BCUT2D eigenvalue weighted by Crippen LogP contribution is 2.29. The first-order valence-corrected chi connectivity index (χ1v) is 5.88. The van der Waals surface area contributed by atoms with E-state index >= 15 is 0 Å². The van der Waals surface area contributed by atoms with E-state index < -0.39 is 5.63 Å². The molecule has 0 saturated carbocycles. The van der Waals surface area contributed by atoms with Crippen molar-refractivity contribution in [2.45, 2.75) is 6.92 Å². The Balaban J connectivity index is 2.48. The summed E-state index contributed by atoms with van der Waals surface area (Å²) in [6.45, 7) is 1.44. The van der Waals surface area contributed by atoms with Gasteiger partial charge in [0.15, 0.2) is 5.78 Å². The number of H-pyrrole nitrogens is 1. The van der Waals surface area contributed by atoms with Crippen molar-refractivity contribution < 1.29 is 9.21 Å². The molecule has 0 fully saturated rings. The third-order valence-electron chi connectivity index (χ3n) is 3.04. The lowest BCUT2D eigenvalue weighted by Crippen LogP contribution is -2.04. The number of Topliss-reactive ketones (excluding diaryl/α,β-unsaturated/α-hetero) is 1. The van der Waals surface area contributed by atoms with Crippen LogP contribution in [-0.4, -0.2) is 10.8 Å². The van der Waals surface area contributed by atoms with Gasteiger partial charge in [-0.25, -0.2) is 4.79 Å². The molecular weight excluding hydrogens is 242 g/mol. The Kier molecular flexibility index (Phi) is 2.56. The summed E-state index contributed by atoms with van der Waals surface area (Å²) in [5, 5.41) is 0.664. The minimum absolute atomic E-state index is 0.156. The van der Waals surface area contributed by atoms with Crippen LogP contribution in [0.2, 0.25) is 0 Å². The van der Waals surface area contributed by atoms with Crippen molar-refractivity contribution in [1.82, 2.24) is 4.98 Å². The van der Waals surface area contributed by atoms with E-state index in [1.165, 1.54) is 13.0 Å². The van der Waals surface area contributed by atoms with Gasteiger partial charge in [-0.3, -0.25) is 4.79 Å². The summed E-state index contributed by atoms with van der Waals surface area (Å²) in [5.41, 5.74) is 2.01. The topological polar surface area (TPSA) is 63.1 Å². The zero-order valence-electron chi connectivity index (χ0n) is 10.3. The van der Waals surface area contributed by atoms with Gasteiger partial charge in [-0.2, -0.15) is 0 Å². The molecule has 1 aromatic carbocycles. The van der Waals surface area contributed by atoms with Gasteiger partial charge in [-0.15, -0.1) is 0 Å². The number of carbonyl (C=O) groups is 1. The molecule has 0 aliphatic heterocycles. The van der Waals surface area contributed by atoms with Gasteiger partial charge in [0.1, 0.15) is 5.58 Å². The van der Waals surface area contributed by atoms with Crippen LogP contribution in [0.1, 0.15) is 17.3 Å².